The van der Waals surface area contributed by atoms with Crippen LogP contribution in [0.15, 0.2) is 25.3 Å². The molecule has 1 aliphatic heterocycles. The summed E-state index contributed by atoms with van der Waals surface area (Å²) in [5.41, 5.74) is 0.296. The molecule has 1 rings (SSSR count). The Balaban J connectivity index is 2.57. The molecule has 1 heteroatoms. The van der Waals surface area contributed by atoms with Crippen molar-refractivity contribution in [3.05, 3.63) is 25.3 Å². The predicted molar refractivity (Wildman–Crippen MR) is 40.2 cm³/mol. The van der Waals surface area contributed by atoms with Crippen molar-refractivity contribution >= 4 is 11.8 Å². The van der Waals surface area contributed by atoms with Gasteiger partial charge in [0.15, 0.2) is 0 Å². The number of thioether (sulfide) groups is 1. The summed E-state index contributed by atoms with van der Waals surface area (Å²) in [4.78, 5) is 0. The number of allylic oxidation sites excluding steroid dienone is 2. The van der Waals surface area contributed by atoms with Crippen molar-refractivity contribution < 1.29 is 0 Å². The van der Waals surface area contributed by atoms with E-state index in [4.69, 9.17) is 0 Å². The van der Waals surface area contributed by atoms with Gasteiger partial charge in [0.2, 0.25) is 0 Å². The van der Waals surface area contributed by atoms with Crippen LogP contribution in [0.3, 0.4) is 0 Å². The largest absolute Gasteiger partial charge is 0.159 e. The Hall–Kier alpha value is -0.170. The second-order valence-corrected chi connectivity index (χ2v) is 3.12. The molecule has 0 N–H and O–H groups in total. The highest BCUT2D eigenvalue weighted by molar-refractivity contribution is 8.00. The van der Waals surface area contributed by atoms with E-state index in [1.807, 2.05) is 23.9 Å². The van der Waals surface area contributed by atoms with Gasteiger partial charge in [-0.25, -0.2) is 0 Å². The average Bonchev–Trinajstić information content (AvgIpc) is 1.67. The molecule has 1 saturated heterocycles. The quantitative estimate of drug-likeness (QED) is 0.510. The monoisotopic (exact) mass is 126 g/mol. The first kappa shape index (κ1) is 5.96. The maximum absolute atomic E-state index is 3.74. The SMILES string of the molecule is C=CC1(C=C)CSC1. The Morgan fingerprint density at radius 2 is 1.75 bits per heavy atom. The summed E-state index contributed by atoms with van der Waals surface area (Å²) in [6, 6.07) is 0. The first-order valence-electron chi connectivity index (χ1n) is 2.68. The van der Waals surface area contributed by atoms with E-state index in [9.17, 15) is 0 Å². The summed E-state index contributed by atoms with van der Waals surface area (Å²) >= 11 is 1.95. The van der Waals surface area contributed by atoms with E-state index in [-0.39, 0.29) is 0 Å². The van der Waals surface area contributed by atoms with Crippen molar-refractivity contribution in [1.29, 1.82) is 0 Å². The third kappa shape index (κ3) is 0.711. The van der Waals surface area contributed by atoms with Crippen LogP contribution in [0.25, 0.3) is 0 Å². The highest BCUT2D eigenvalue weighted by Gasteiger charge is 2.30. The Morgan fingerprint density at radius 3 is 1.75 bits per heavy atom. The van der Waals surface area contributed by atoms with Crippen molar-refractivity contribution in [2.24, 2.45) is 5.41 Å². The molecule has 0 aromatic carbocycles. The van der Waals surface area contributed by atoms with Gasteiger partial charge in [-0.05, 0) is 0 Å². The number of rotatable bonds is 2. The molecule has 0 bridgehead atoms. The van der Waals surface area contributed by atoms with E-state index < -0.39 is 0 Å². The van der Waals surface area contributed by atoms with Crippen molar-refractivity contribution in [3.63, 3.8) is 0 Å². The standard InChI is InChI=1S/C7H10S/c1-3-7(4-2)5-8-6-7/h3-4H,1-2,5-6H2. The van der Waals surface area contributed by atoms with E-state index in [2.05, 4.69) is 13.2 Å². The van der Waals surface area contributed by atoms with E-state index in [0.717, 1.165) is 0 Å². The zero-order valence-corrected chi connectivity index (χ0v) is 5.71. The van der Waals surface area contributed by atoms with Gasteiger partial charge in [0.05, 0.1) is 0 Å². The summed E-state index contributed by atoms with van der Waals surface area (Å²) in [5, 5.41) is 0. The van der Waals surface area contributed by atoms with Crippen LogP contribution in [-0.4, -0.2) is 11.5 Å². The lowest BCUT2D eigenvalue weighted by atomic mass is 9.93. The van der Waals surface area contributed by atoms with Crippen molar-refractivity contribution in [3.8, 4) is 0 Å². The summed E-state index contributed by atoms with van der Waals surface area (Å²) in [5.74, 6) is 2.36. The van der Waals surface area contributed by atoms with Crippen molar-refractivity contribution in [2.75, 3.05) is 11.5 Å². The van der Waals surface area contributed by atoms with Crippen LogP contribution in [0, 0.1) is 5.41 Å². The normalized spacial score (nSPS) is 23.5. The molecule has 44 valence electrons. The van der Waals surface area contributed by atoms with Crippen LogP contribution in [0.2, 0.25) is 0 Å². The zero-order chi connectivity index (χ0) is 6.04. The Morgan fingerprint density at radius 1 is 1.25 bits per heavy atom. The van der Waals surface area contributed by atoms with Crippen LogP contribution < -0.4 is 0 Å². The minimum absolute atomic E-state index is 0.296. The van der Waals surface area contributed by atoms with E-state index in [1.165, 1.54) is 11.5 Å². The molecule has 1 aliphatic rings. The Kier molecular flexibility index (Phi) is 1.47. The first-order chi connectivity index (χ1) is 3.83. The second kappa shape index (κ2) is 1.98. The zero-order valence-electron chi connectivity index (χ0n) is 4.89. The van der Waals surface area contributed by atoms with Crippen LogP contribution in [-0.2, 0) is 0 Å². The molecule has 0 unspecified atom stereocenters. The predicted octanol–water partition coefficient (Wildman–Crippen LogP) is 2.09. The van der Waals surface area contributed by atoms with Gasteiger partial charge < -0.3 is 0 Å². The van der Waals surface area contributed by atoms with Gasteiger partial charge in [0.1, 0.15) is 0 Å². The molecule has 0 amide bonds. The third-order valence-corrected chi connectivity index (χ3v) is 3.04. The van der Waals surface area contributed by atoms with Crippen LogP contribution in [0.5, 0.6) is 0 Å². The van der Waals surface area contributed by atoms with Crippen LogP contribution >= 0.6 is 11.8 Å². The molecule has 0 aromatic rings. The van der Waals surface area contributed by atoms with Gasteiger partial charge in [0.25, 0.3) is 0 Å². The fraction of sp³-hybridized carbons (Fsp3) is 0.429. The summed E-state index contributed by atoms with van der Waals surface area (Å²) in [6.07, 6.45) is 3.99. The third-order valence-electron chi connectivity index (χ3n) is 1.55. The van der Waals surface area contributed by atoms with Gasteiger partial charge in [-0.15, -0.1) is 13.2 Å². The Labute approximate surface area is 54.7 Å². The number of hydrogen-bond donors (Lipinski definition) is 0. The highest BCUT2D eigenvalue weighted by Crippen LogP contribution is 2.39. The van der Waals surface area contributed by atoms with E-state index in [1.54, 1.807) is 0 Å². The van der Waals surface area contributed by atoms with E-state index >= 15 is 0 Å². The highest BCUT2D eigenvalue weighted by atomic mass is 32.2. The molecule has 0 aromatic heterocycles. The molecule has 1 heterocycles. The lowest BCUT2D eigenvalue weighted by molar-refractivity contribution is 0.618. The van der Waals surface area contributed by atoms with E-state index in [0.29, 0.717) is 5.41 Å². The van der Waals surface area contributed by atoms with Gasteiger partial charge in [0, 0.05) is 16.9 Å². The Bertz CT molecular complexity index is 102. The topological polar surface area (TPSA) is 0 Å². The van der Waals surface area contributed by atoms with Gasteiger partial charge in [-0.1, -0.05) is 12.2 Å². The van der Waals surface area contributed by atoms with Gasteiger partial charge >= 0.3 is 0 Å². The maximum Gasteiger partial charge on any atom is 0.0237 e. The molecule has 1 fully saturated rings. The minimum Gasteiger partial charge on any atom is -0.159 e. The van der Waals surface area contributed by atoms with Crippen molar-refractivity contribution in [2.45, 2.75) is 0 Å². The molecule has 0 radical (unpaired) electrons. The maximum atomic E-state index is 3.74. The summed E-state index contributed by atoms with van der Waals surface area (Å²) < 4.78 is 0. The smallest absolute Gasteiger partial charge is 0.0237 e. The van der Waals surface area contributed by atoms with Crippen LogP contribution in [0.1, 0.15) is 0 Å². The molecule has 8 heavy (non-hydrogen) atoms. The molecular weight excluding hydrogens is 116 g/mol. The molecule has 0 nitrogen and oxygen atoms in total. The fourth-order valence-corrected chi connectivity index (χ4v) is 1.80. The molecular formula is C7H10S. The second-order valence-electron chi connectivity index (χ2n) is 2.13. The summed E-state index contributed by atoms with van der Waals surface area (Å²) in [7, 11) is 0. The van der Waals surface area contributed by atoms with Crippen LogP contribution in [0.4, 0.5) is 0 Å². The lowest BCUT2D eigenvalue weighted by Crippen LogP contribution is -2.30. The van der Waals surface area contributed by atoms with Crippen molar-refractivity contribution in [1.82, 2.24) is 0 Å². The molecule has 0 spiro atoms. The van der Waals surface area contributed by atoms with Gasteiger partial charge in [-0.2, -0.15) is 11.8 Å². The average molecular weight is 126 g/mol. The minimum atomic E-state index is 0.296. The molecule has 0 saturated carbocycles. The first-order valence-corrected chi connectivity index (χ1v) is 3.83. The van der Waals surface area contributed by atoms with Gasteiger partial charge in [-0.3, -0.25) is 0 Å². The lowest BCUT2D eigenvalue weighted by Gasteiger charge is -2.34. The fourth-order valence-electron chi connectivity index (χ4n) is 0.657. The summed E-state index contributed by atoms with van der Waals surface area (Å²) in [6.45, 7) is 7.48. The molecule has 0 aliphatic carbocycles. The number of hydrogen-bond acceptors (Lipinski definition) is 1. The molecule has 0 atom stereocenters.